The maximum atomic E-state index is 11.1. The zero-order valence-electron chi connectivity index (χ0n) is 14.0. The van der Waals surface area contributed by atoms with E-state index in [2.05, 4.69) is 24.0 Å². The first kappa shape index (κ1) is 17.5. The third kappa shape index (κ3) is 4.21. The highest BCUT2D eigenvalue weighted by molar-refractivity contribution is 6.30. The molecule has 1 amide bonds. The Morgan fingerprint density at radius 2 is 1.96 bits per heavy atom. The third-order valence-electron chi connectivity index (χ3n) is 5.10. The van der Waals surface area contributed by atoms with Crippen LogP contribution in [0.1, 0.15) is 25.3 Å². The van der Waals surface area contributed by atoms with Crippen LogP contribution in [0.5, 0.6) is 0 Å². The zero-order valence-corrected chi connectivity index (χ0v) is 14.8. The van der Waals surface area contributed by atoms with E-state index >= 15 is 0 Å². The van der Waals surface area contributed by atoms with Crippen molar-refractivity contribution in [2.45, 2.75) is 44.4 Å². The van der Waals surface area contributed by atoms with Crippen molar-refractivity contribution >= 4 is 17.7 Å². The normalized spacial score (nSPS) is 26.5. The lowest BCUT2D eigenvalue weighted by atomic mass is 9.96. The number of piperidine rings is 1. The molecule has 5 nitrogen and oxygen atoms in total. The third-order valence-corrected chi connectivity index (χ3v) is 5.35. The summed E-state index contributed by atoms with van der Waals surface area (Å²) < 4.78 is 5.89. The van der Waals surface area contributed by atoms with E-state index in [1.54, 1.807) is 0 Å². The Hall–Kier alpha value is -1.30. The number of likely N-dealkylation sites (tertiary alicyclic amines) is 1. The molecule has 2 fully saturated rings. The predicted octanol–water partition coefficient (Wildman–Crippen LogP) is 3.11. The fourth-order valence-corrected chi connectivity index (χ4v) is 3.90. The maximum absolute atomic E-state index is 11.1. The molecule has 1 N–H and O–H groups in total. The van der Waals surface area contributed by atoms with Crippen molar-refractivity contribution in [3.8, 4) is 0 Å². The SMILES string of the molecule is C[C@H]1CN(C2CCN(C(=O)O)CC2)[C@@H](Cc2ccc(Cl)cc2)CO1. The van der Waals surface area contributed by atoms with Gasteiger partial charge in [0, 0.05) is 36.7 Å². The number of halogens is 1. The number of nitrogens with zero attached hydrogens (tertiary/aromatic N) is 2. The zero-order chi connectivity index (χ0) is 17.1. The molecule has 1 aromatic carbocycles. The Balaban J connectivity index is 1.66. The van der Waals surface area contributed by atoms with E-state index in [-0.39, 0.29) is 6.10 Å². The van der Waals surface area contributed by atoms with Crippen molar-refractivity contribution in [2.24, 2.45) is 0 Å². The van der Waals surface area contributed by atoms with Gasteiger partial charge in [0.2, 0.25) is 0 Å². The van der Waals surface area contributed by atoms with Crippen LogP contribution < -0.4 is 0 Å². The smallest absolute Gasteiger partial charge is 0.407 e. The fraction of sp³-hybridized carbons (Fsp3) is 0.611. The Labute approximate surface area is 148 Å². The molecule has 2 aliphatic rings. The number of hydrogen-bond acceptors (Lipinski definition) is 3. The molecule has 0 spiro atoms. The minimum atomic E-state index is -0.804. The minimum Gasteiger partial charge on any atom is -0.465 e. The molecule has 0 unspecified atom stereocenters. The van der Waals surface area contributed by atoms with Gasteiger partial charge in [-0.3, -0.25) is 4.90 Å². The molecule has 0 aliphatic carbocycles. The Morgan fingerprint density at radius 1 is 1.29 bits per heavy atom. The van der Waals surface area contributed by atoms with Gasteiger partial charge < -0.3 is 14.7 Å². The molecule has 2 heterocycles. The number of rotatable bonds is 3. The Bertz CT molecular complexity index is 558. The molecule has 0 bridgehead atoms. The van der Waals surface area contributed by atoms with E-state index in [9.17, 15) is 4.79 Å². The molecule has 1 aromatic rings. The van der Waals surface area contributed by atoms with Crippen molar-refractivity contribution in [1.82, 2.24) is 9.80 Å². The summed E-state index contributed by atoms with van der Waals surface area (Å²) in [5.41, 5.74) is 1.26. The van der Waals surface area contributed by atoms with Crippen LogP contribution in [-0.4, -0.2) is 65.4 Å². The van der Waals surface area contributed by atoms with E-state index in [0.29, 0.717) is 25.2 Å². The van der Waals surface area contributed by atoms with E-state index in [0.717, 1.165) is 37.4 Å². The monoisotopic (exact) mass is 352 g/mol. The highest BCUT2D eigenvalue weighted by Gasteiger charge is 2.34. The van der Waals surface area contributed by atoms with Crippen LogP contribution in [0, 0.1) is 0 Å². The van der Waals surface area contributed by atoms with Gasteiger partial charge in [0.15, 0.2) is 0 Å². The highest BCUT2D eigenvalue weighted by atomic mass is 35.5. The van der Waals surface area contributed by atoms with Gasteiger partial charge in [-0.25, -0.2) is 4.79 Å². The van der Waals surface area contributed by atoms with Crippen molar-refractivity contribution < 1.29 is 14.6 Å². The van der Waals surface area contributed by atoms with Crippen LogP contribution in [0.15, 0.2) is 24.3 Å². The Morgan fingerprint density at radius 3 is 2.58 bits per heavy atom. The van der Waals surface area contributed by atoms with Gasteiger partial charge in [-0.1, -0.05) is 23.7 Å². The van der Waals surface area contributed by atoms with Gasteiger partial charge in [-0.15, -0.1) is 0 Å². The molecule has 6 heteroatoms. The van der Waals surface area contributed by atoms with Crippen LogP contribution in [0.3, 0.4) is 0 Å². The van der Waals surface area contributed by atoms with Gasteiger partial charge >= 0.3 is 6.09 Å². The summed E-state index contributed by atoms with van der Waals surface area (Å²) in [6.45, 7) is 5.00. The standard InChI is InChI=1S/C18H25ClN2O3/c1-13-11-21(16-6-8-20(9-7-16)18(22)23)17(12-24-13)10-14-2-4-15(19)5-3-14/h2-5,13,16-17H,6-12H2,1H3,(H,22,23)/t13-,17-/m0/s1. The number of benzene rings is 1. The van der Waals surface area contributed by atoms with Crippen LogP contribution >= 0.6 is 11.6 Å². The highest BCUT2D eigenvalue weighted by Crippen LogP contribution is 2.25. The molecular formula is C18H25ClN2O3. The van der Waals surface area contributed by atoms with Crippen LogP contribution in [0.4, 0.5) is 4.79 Å². The molecule has 0 saturated carbocycles. The average molecular weight is 353 g/mol. The van der Waals surface area contributed by atoms with Gasteiger partial charge in [-0.05, 0) is 43.9 Å². The molecule has 0 aromatic heterocycles. The molecule has 132 valence electrons. The molecule has 24 heavy (non-hydrogen) atoms. The first-order valence-corrected chi connectivity index (χ1v) is 9.00. The molecule has 2 atom stereocenters. The fourth-order valence-electron chi connectivity index (χ4n) is 3.77. The second kappa shape index (κ2) is 7.72. The van der Waals surface area contributed by atoms with Gasteiger partial charge in [0.05, 0.1) is 12.7 Å². The number of carbonyl (C=O) groups is 1. The van der Waals surface area contributed by atoms with Gasteiger partial charge in [0.25, 0.3) is 0 Å². The number of ether oxygens (including phenoxy) is 1. The first-order chi connectivity index (χ1) is 11.5. The second-order valence-corrected chi connectivity index (χ2v) is 7.26. The summed E-state index contributed by atoms with van der Waals surface area (Å²) in [5.74, 6) is 0. The van der Waals surface area contributed by atoms with Crippen molar-refractivity contribution in [3.63, 3.8) is 0 Å². The molecule has 3 rings (SSSR count). The molecule has 2 aliphatic heterocycles. The lowest BCUT2D eigenvalue weighted by Crippen LogP contribution is -2.57. The topological polar surface area (TPSA) is 53.0 Å². The average Bonchev–Trinajstić information content (AvgIpc) is 2.58. The van der Waals surface area contributed by atoms with Crippen LogP contribution in [0.25, 0.3) is 0 Å². The van der Waals surface area contributed by atoms with E-state index in [1.165, 1.54) is 10.5 Å². The van der Waals surface area contributed by atoms with Crippen molar-refractivity contribution in [1.29, 1.82) is 0 Å². The lowest BCUT2D eigenvalue weighted by molar-refractivity contribution is -0.0787. The Kier molecular flexibility index (Phi) is 5.64. The second-order valence-electron chi connectivity index (χ2n) is 6.83. The molecule has 2 saturated heterocycles. The summed E-state index contributed by atoms with van der Waals surface area (Å²) >= 11 is 5.98. The number of carboxylic acid groups (broad SMARTS) is 1. The summed E-state index contributed by atoms with van der Waals surface area (Å²) in [5, 5.41) is 9.88. The van der Waals surface area contributed by atoms with Crippen molar-refractivity contribution in [3.05, 3.63) is 34.9 Å². The predicted molar refractivity (Wildman–Crippen MR) is 93.7 cm³/mol. The van der Waals surface area contributed by atoms with Gasteiger partial charge in [0.1, 0.15) is 0 Å². The summed E-state index contributed by atoms with van der Waals surface area (Å²) in [6.07, 6.45) is 2.15. The van der Waals surface area contributed by atoms with Gasteiger partial charge in [-0.2, -0.15) is 0 Å². The number of amides is 1. The quantitative estimate of drug-likeness (QED) is 0.908. The van der Waals surface area contributed by atoms with E-state index in [4.69, 9.17) is 21.4 Å². The summed E-state index contributed by atoms with van der Waals surface area (Å²) in [6, 6.07) is 8.78. The first-order valence-electron chi connectivity index (χ1n) is 8.62. The van der Waals surface area contributed by atoms with E-state index in [1.807, 2.05) is 12.1 Å². The largest absolute Gasteiger partial charge is 0.465 e. The number of morpholine rings is 1. The summed E-state index contributed by atoms with van der Waals surface area (Å²) in [4.78, 5) is 15.2. The van der Waals surface area contributed by atoms with Crippen LogP contribution in [-0.2, 0) is 11.2 Å². The lowest BCUT2D eigenvalue weighted by Gasteiger charge is -2.46. The molecule has 0 radical (unpaired) electrons. The summed E-state index contributed by atoms with van der Waals surface area (Å²) in [7, 11) is 0. The van der Waals surface area contributed by atoms with Crippen LogP contribution in [0.2, 0.25) is 5.02 Å². The number of hydrogen-bond donors (Lipinski definition) is 1. The van der Waals surface area contributed by atoms with Crippen molar-refractivity contribution in [2.75, 3.05) is 26.2 Å². The minimum absolute atomic E-state index is 0.226. The van der Waals surface area contributed by atoms with E-state index < -0.39 is 6.09 Å². The molecular weight excluding hydrogens is 328 g/mol. The maximum Gasteiger partial charge on any atom is 0.407 e.